The van der Waals surface area contributed by atoms with Crippen LogP contribution in [0.4, 0.5) is 11.4 Å². The molecule has 0 radical (unpaired) electrons. The highest BCUT2D eigenvalue weighted by Gasteiger charge is 2.18. The number of esters is 1. The van der Waals surface area contributed by atoms with Crippen molar-refractivity contribution in [1.29, 1.82) is 0 Å². The third-order valence-corrected chi connectivity index (χ3v) is 4.39. The van der Waals surface area contributed by atoms with Gasteiger partial charge in [0, 0.05) is 22.8 Å². The quantitative estimate of drug-likeness (QED) is 0.343. The molecule has 1 amide bonds. The van der Waals surface area contributed by atoms with Gasteiger partial charge < -0.3 is 10.1 Å². The summed E-state index contributed by atoms with van der Waals surface area (Å²) < 4.78 is 6.82. The molecule has 0 saturated carbocycles. The Morgan fingerprint density at radius 2 is 2.14 bits per heavy atom. The molecular formula is C16H13BrN6O5. The number of nitrogens with zero attached hydrogens (tertiary/aromatic N) is 5. The molecule has 28 heavy (non-hydrogen) atoms. The van der Waals surface area contributed by atoms with Crippen molar-refractivity contribution in [1.82, 2.24) is 19.6 Å². The lowest BCUT2D eigenvalue weighted by Crippen LogP contribution is -2.22. The van der Waals surface area contributed by atoms with Crippen LogP contribution < -0.4 is 5.32 Å². The van der Waals surface area contributed by atoms with Crippen molar-refractivity contribution in [3.8, 4) is 0 Å². The van der Waals surface area contributed by atoms with Crippen LogP contribution in [0, 0.1) is 10.1 Å². The first kappa shape index (κ1) is 19.4. The number of ether oxygens (including phenoxy) is 1. The maximum atomic E-state index is 12.3. The molecule has 0 aliphatic rings. The predicted molar refractivity (Wildman–Crippen MR) is 99.9 cm³/mol. The number of aromatic nitrogens is 4. The van der Waals surface area contributed by atoms with Gasteiger partial charge in [-0.25, -0.2) is 14.3 Å². The minimum absolute atomic E-state index is 0.126. The maximum Gasteiger partial charge on any atom is 0.342 e. The first-order valence-corrected chi connectivity index (χ1v) is 8.78. The van der Waals surface area contributed by atoms with E-state index in [4.69, 9.17) is 4.74 Å². The Hall–Kier alpha value is -3.41. The molecule has 11 nitrogen and oxygen atoms in total. The lowest BCUT2D eigenvalue weighted by molar-refractivity contribution is -0.384. The zero-order chi connectivity index (χ0) is 20.3. The van der Waals surface area contributed by atoms with Gasteiger partial charge in [-0.05, 0) is 28.4 Å². The predicted octanol–water partition coefficient (Wildman–Crippen LogP) is 2.15. The van der Waals surface area contributed by atoms with Crippen LogP contribution in [0.2, 0.25) is 0 Å². The zero-order valence-electron chi connectivity index (χ0n) is 14.5. The summed E-state index contributed by atoms with van der Waals surface area (Å²) in [6.07, 6.45) is 3.14. The van der Waals surface area contributed by atoms with Crippen molar-refractivity contribution in [2.75, 3.05) is 11.9 Å². The highest BCUT2D eigenvalue weighted by atomic mass is 79.9. The molecule has 1 aromatic carbocycles. The number of halogens is 1. The summed E-state index contributed by atoms with van der Waals surface area (Å²) in [4.78, 5) is 42.6. The van der Waals surface area contributed by atoms with Gasteiger partial charge in [0.25, 0.3) is 17.4 Å². The van der Waals surface area contributed by atoms with Crippen LogP contribution in [0.1, 0.15) is 23.0 Å². The molecule has 0 unspecified atom stereocenters. The molecule has 144 valence electrons. The van der Waals surface area contributed by atoms with Gasteiger partial charge in [0.05, 0.1) is 21.9 Å². The molecule has 0 aliphatic heterocycles. The van der Waals surface area contributed by atoms with E-state index >= 15 is 0 Å². The van der Waals surface area contributed by atoms with Crippen molar-refractivity contribution >= 4 is 45.0 Å². The molecule has 12 heteroatoms. The van der Waals surface area contributed by atoms with Gasteiger partial charge in [-0.3, -0.25) is 14.9 Å². The Morgan fingerprint density at radius 1 is 1.36 bits per heavy atom. The monoisotopic (exact) mass is 448 g/mol. The number of carbonyl (C=O) groups is 2. The Kier molecular flexibility index (Phi) is 5.59. The minimum atomic E-state index is -0.723. The van der Waals surface area contributed by atoms with Crippen molar-refractivity contribution in [2.45, 2.75) is 13.3 Å². The van der Waals surface area contributed by atoms with Crippen molar-refractivity contribution in [3.63, 3.8) is 0 Å². The van der Waals surface area contributed by atoms with E-state index in [1.165, 1.54) is 35.2 Å². The summed E-state index contributed by atoms with van der Waals surface area (Å²) in [6, 6.07) is 3.88. The van der Waals surface area contributed by atoms with Gasteiger partial charge in [-0.2, -0.15) is 10.1 Å². The number of carbonyl (C=O) groups excluding carboxylic acids is 2. The number of non-ortho nitro benzene ring substituents is 1. The second-order valence-electron chi connectivity index (χ2n) is 5.49. The standard InChI is InChI=1S/C16H13BrN6O5/c1-2-13-10(6-18-16-19-8-20-22(13)16)15(25)28-7-14(24)21-12-4-3-9(23(26)27)5-11(12)17/h3-6,8H,2,7H2,1H3,(H,21,24). The number of amides is 1. The van der Waals surface area contributed by atoms with Crippen LogP contribution in [0.5, 0.6) is 0 Å². The number of nitrogens with one attached hydrogen (secondary N) is 1. The minimum Gasteiger partial charge on any atom is -0.452 e. The maximum absolute atomic E-state index is 12.3. The van der Waals surface area contributed by atoms with Crippen LogP contribution in [-0.4, -0.2) is 43.0 Å². The number of aryl methyl sites for hydroxylation is 1. The van der Waals surface area contributed by atoms with Gasteiger partial charge in [-0.15, -0.1) is 0 Å². The number of benzene rings is 1. The van der Waals surface area contributed by atoms with E-state index in [-0.39, 0.29) is 11.3 Å². The highest BCUT2D eigenvalue weighted by Crippen LogP contribution is 2.27. The highest BCUT2D eigenvalue weighted by molar-refractivity contribution is 9.10. The number of nitro groups is 1. The summed E-state index contributed by atoms with van der Waals surface area (Å²) in [5.74, 6) is -0.968. The third kappa shape index (κ3) is 3.96. The average molecular weight is 449 g/mol. The fourth-order valence-electron chi connectivity index (χ4n) is 2.45. The fourth-order valence-corrected chi connectivity index (χ4v) is 2.92. The van der Waals surface area contributed by atoms with Crippen LogP contribution in [0.3, 0.4) is 0 Å². The Morgan fingerprint density at radius 3 is 2.82 bits per heavy atom. The SMILES string of the molecule is CCc1c(C(=O)OCC(=O)Nc2ccc([N+](=O)[O-])cc2Br)cnc2ncnn12. The fraction of sp³-hybridized carbons (Fsp3) is 0.188. The summed E-state index contributed by atoms with van der Waals surface area (Å²) in [5.41, 5.74) is 0.932. The van der Waals surface area contributed by atoms with Crippen molar-refractivity contribution < 1.29 is 19.2 Å². The Bertz CT molecular complexity index is 1080. The normalized spacial score (nSPS) is 10.6. The lowest BCUT2D eigenvalue weighted by atomic mass is 10.2. The smallest absolute Gasteiger partial charge is 0.342 e. The second kappa shape index (κ2) is 8.08. The second-order valence-corrected chi connectivity index (χ2v) is 6.34. The summed E-state index contributed by atoms with van der Waals surface area (Å²) in [6.45, 7) is 1.30. The molecule has 0 saturated heterocycles. The first-order chi connectivity index (χ1) is 13.4. The molecule has 2 aromatic heterocycles. The molecule has 0 fully saturated rings. The number of fused-ring (bicyclic) bond motifs is 1. The van der Waals surface area contributed by atoms with Gasteiger partial charge in [0.2, 0.25) is 0 Å². The molecule has 1 N–H and O–H groups in total. The summed E-state index contributed by atoms with van der Waals surface area (Å²) in [7, 11) is 0. The molecule has 0 bridgehead atoms. The summed E-state index contributed by atoms with van der Waals surface area (Å²) in [5, 5.41) is 17.3. The zero-order valence-corrected chi connectivity index (χ0v) is 16.0. The van der Waals surface area contributed by atoms with E-state index in [1.807, 2.05) is 6.92 Å². The molecule has 0 spiro atoms. The number of hydrogen-bond acceptors (Lipinski definition) is 8. The molecule has 2 heterocycles. The van der Waals surface area contributed by atoms with E-state index < -0.39 is 23.4 Å². The van der Waals surface area contributed by atoms with Gasteiger partial charge in [0.1, 0.15) is 6.33 Å². The van der Waals surface area contributed by atoms with E-state index in [0.29, 0.717) is 28.1 Å². The number of hydrogen-bond donors (Lipinski definition) is 1. The molecule has 0 atom stereocenters. The van der Waals surface area contributed by atoms with E-state index in [1.54, 1.807) is 0 Å². The lowest BCUT2D eigenvalue weighted by Gasteiger charge is -2.10. The van der Waals surface area contributed by atoms with E-state index in [2.05, 4.69) is 36.3 Å². The van der Waals surface area contributed by atoms with Crippen LogP contribution >= 0.6 is 15.9 Å². The molecule has 3 aromatic rings. The molecule has 3 rings (SSSR count). The van der Waals surface area contributed by atoms with Crippen LogP contribution in [-0.2, 0) is 16.0 Å². The molecular weight excluding hydrogens is 436 g/mol. The largest absolute Gasteiger partial charge is 0.452 e. The Balaban J connectivity index is 1.66. The van der Waals surface area contributed by atoms with E-state index in [9.17, 15) is 19.7 Å². The first-order valence-electron chi connectivity index (χ1n) is 7.99. The summed E-state index contributed by atoms with van der Waals surface area (Å²) >= 11 is 3.15. The average Bonchev–Trinajstić information content (AvgIpc) is 3.15. The van der Waals surface area contributed by atoms with E-state index in [0.717, 1.165) is 0 Å². The van der Waals surface area contributed by atoms with Crippen LogP contribution in [0.25, 0.3) is 5.78 Å². The van der Waals surface area contributed by atoms with Gasteiger partial charge >= 0.3 is 5.97 Å². The van der Waals surface area contributed by atoms with Gasteiger partial charge in [0.15, 0.2) is 6.61 Å². The number of rotatable bonds is 6. The Labute approximate surface area is 166 Å². The van der Waals surface area contributed by atoms with Crippen molar-refractivity contribution in [3.05, 3.63) is 56.6 Å². The number of anilines is 1. The third-order valence-electron chi connectivity index (χ3n) is 3.73. The number of nitro benzene ring substituents is 1. The topological polar surface area (TPSA) is 142 Å². The van der Waals surface area contributed by atoms with Gasteiger partial charge in [-0.1, -0.05) is 6.92 Å². The molecule has 0 aliphatic carbocycles. The van der Waals surface area contributed by atoms with Crippen molar-refractivity contribution in [2.24, 2.45) is 0 Å². The van der Waals surface area contributed by atoms with Crippen LogP contribution in [0.15, 0.2) is 35.2 Å².